The quantitative estimate of drug-likeness (QED) is 0.900. The highest BCUT2D eigenvalue weighted by atomic mass is 35.5. The summed E-state index contributed by atoms with van der Waals surface area (Å²) in [7, 11) is 1.61. The van der Waals surface area contributed by atoms with Crippen molar-refractivity contribution in [1.29, 1.82) is 0 Å². The van der Waals surface area contributed by atoms with Crippen molar-refractivity contribution in [3.8, 4) is 11.5 Å². The number of hydrogen-bond donors (Lipinski definition) is 1. The first-order valence-electron chi connectivity index (χ1n) is 7.53. The summed E-state index contributed by atoms with van der Waals surface area (Å²) in [4.78, 5) is 12.3. The molecule has 0 aromatic heterocycles. The second-order valence-corrected chi connectivity index (χ2v) is 5.80. The zero-order valence-corrected chi connectivity index (χ0v) is 13.8. The number of carbonyl (C=O) groups excluding carboxylic acids is 1. The predicted octanol–water partition coefficient (Wildman–Crippen LogP) is 4.03. The van der Waals surface area contributed by atoms with E-state index in [2.05, 4.69) is 5.32 Å². The molecular formula is C18H18ClNO3. The van der Waals surface area contributed by atoms with Crippen LogP contribution < -0.4 is 14.8 Å². The molecule has 1 aliphatic rings. The van der Waals surface area contributed by atoms with Gasteiger partial charge in [-0.2, -0.15) is 0 Å². The van der Waals surface area contributed by atoms with E-state index < -0.39 is 0 Å². The Morgan fingerprint density at radius 3 is 2.83 bits per heavy atom. The average Bonchev–Trinajstić information content (AvgIpc) is 2.84. The van der Waals surface area contributed by atoms with Gasteiger partial charge in [0.15, 0.2) is 11.5 Å². The SMILES string of the molecule is CCOc1c(C[C@H]2C(=O)Nc3ccc(Cl)cc32)cccc1OC. The average molecular weight is 332 g/mol. The van der Waals surface area contributed by atoms with Crippen molar-refractivity contribution in [3.63, 3.8) is 0 Å². The number of fused-ring (bicyclic) bond motifs is 1. The summed E-state index contributed by atoms with van der Waals surface area (Å²) in [6.07, 6.45) is 0.533. The van der Waals surface area contributed by atoms with E-state index in [1.54, 1.807) is 13.2 Å². The molecule has 0 saturated carbocycles. The molecule has 3 rings (SSSR count). The van der Waals surface area contributed by atoms with Crippen molar-refractivity contribution >= 4 is 23.2 Å². The Balaban J connectivity index is 1.97. The maximum Gasteiger partial charge on any atom is 0.232 e. The number of nitrogens with one attached hydrogen (secondary N) is 1. The minimum Gasteiger partial charge on any atom is -0.493 e. The fourth-order valence-electron chi connectivity index (χ4n) is 2.91. The van der Waals surface area contributed by atoms with Gasteiger partial charge in [-0.05, 0) is 48.7 Å². The molecule has 2 aromatic carbocycles. The van der Waals surface area contributed by atoms with Crippen molar-refractivity contribution in [2.75, 3.05) is 19.0 Å². The highest BCUT2D eigenvalue weighted by molar-refractivity contribution is 6.31. The van der Waals surface area contributed by atoms with Crippen LogP contribution in [0.2, 0.25) is 5.02 Å². The first kappa shape index (κ1) is 15.7. The standard InChI is InChI=1S/C18H18ClNO3/c1-3-23-17-11(5-4-6-16(17)22-2)9-14-13-10-12(19)7-8-15(13)20-18(14)21/h4-8,10,14H,3,9H2,1-2H3,(H,20,21)/t14-/m1/s1. The van der Waals surface area contributed by atoms with Gasteiger partial charge in [0.05, 0.1) is 19.6 Å². The molecule has 1 N–H and O–H groups in total. The molecule has 120 valence electrons. The van der Waals surface area contributed by atoms with Gasteiger partial charge >= 0.3 is 0 Å². The van der Waals surface area contributed by atoms with E-state index in [9.17, 15) is 4.79 Å². The Morgan fingerprint density at radius 2 is 2.09 bits per heavy atom. The summed E-state index contributed by atoms with van der Waals surface area (Å²) < 4.78 is 11.1. The number of benzene rings is 2. The van der Waals surface area contributed by atoms with Gasteiger partial charge < -0.3 is 14.8 Å². The molecule has 0 spiro atoms. The van der Waals surface area contributed by atoms with Crippen molar-refractivity contribution < 1.29 is 14.3 Å². The summed E-state index contributed by atoms with van der Waals surface area (Å²) in [6, 6.07) is 11.2. The lowest BCUT2D eigenvalue weighted by atomic mass is 9.92. The van der Waals surface area contributed by atoms with Crippen molar-refractivity contribution in [3.05, 3.63) is 52.5 Å². The summed E-state index contributed by atoms with van der Waals surface area (Å²) in [5, 5.41) is 3.53. The molecule has 1 amide bonds. The summed E-state index contributed by atoms with van der Waals surface area (Å²) in [6.45, 7) is 2.46. The van der Waals surface area contributed by atoms with Crippen LogP contribution in [0.3, 0.4) is 0 Å². The Hall–Kier alpha value is -2.20. The fraction of sp³-hybridized carbons (Fsp3) is 0.278. The minimum atomic E-state index is -0.282. The second kappa shape index (κ2) is 6.50. The summed E-state index contributed by atoms with van der Waals surface area (Å²) >= 11 is 6.08. The Bertz CT molecular complexity index is 745. The number of amides is 1. The third-order valence-electron chi connectivity index (χ3n) is 3.96. The van der Waals surface area contributed by atoms with E-state index in [1.807, 2.05) is 37.3 Å². The molecule has 0 saturated heterocycles. The minimum absolute atomic E-state index is 0.0208. The third kappa shape index (κ3) is 2.99. The van der Waals surface area contributed by atoms with Crippen molar-refractivity contribution in [2.24, 2.45) is 0 Å². The lowest BCUT2D eigenvalue weighted by Gasteiger charge is -2.16. The molecule has 1 heterocycles. The Morgan fingerprint density at radius 1 is 1.26 bits per heavy atom. The van der Waals surface area contributed by atoms with E-state index in [4.69, 9.17) is 21.1 Å². The number of halogens is 1. The van der Waals surface area contributed by atoms with Gasteiger partial charge in [-0.25, -0.2) is 0 Å². The third-order valence-corrected chi connectivity index (χ3v) is 4.19. The van der Waals surface area contributed by atoms with Gasteiger partial charge in [-0.3, -0.25) is 4.79 Å². The topological polar surface area (TPSA) is 47.6 Å². The van der Waals surface area contributed by atoms with Crippen LogP contribution in [0.5, 0.6) is 11.5 Å². The van der Waals surface area contributed by atoms with E-state index in [-0.39, 0.29) is 11.8 Å². The molecule has 4 nitrogen and oxygen atoms in total. The highest BCUT2D eigenvalue weighted by Gasteiger charge is 2.31. The molecule has 0 fully saturated rings. The van der Waals surface area contributed by atoms with Crippen LogP contribution in [0.15, 0.2) is 36.4 Å². The van der Waals surface area contributed by atoms with E-state index >= 15 is 0 Å². The number of hydrogen-bond acceptors (Lipinski definition) is 3. The molecule has 1 atom stereocenters. The monoisotopic (exact) mass is 331 g/mol. The van der Waals surface area contributed by atoms with E-state index in [1.165, 1.54) is 0 Å². The van der Waals surface area contributed by atoms with Crippen LogP contribution >= 0.6 is 11.6 Å². The molecule has 5 heteroatoms. The molecule has 0 bridgehead atoms. The van der Waals surface area contributed by atoms with Gasteiger partial charge in [0, 0.05) is 10.7 Å². The normalized spacial score (nSPS) is 16.0. The molecule has 0 unspecified atom stereocenters. The zero-order valence-electron chi connectivity index (χ0n) is 13.1. The summed E-state index contributed by atoms with van der Waals surface area (Å²) in [5.74, 6) is 1.07. The van der Waals surface area contributed by atoms with Gasteiger partial charge in [-0.1, -0.05) is 23.7 Å². The predicted molar refractivity (Wildman–Crippen MR) is 90.7 cm³/mol. The van der Waals surface area contributed by atoms with Crippen LogP contribution in [-0.4, -0.2) is 19.6 Å². The molecule has 0 radical (unpaired) electrons. The Labute approximate surface area is 140 Å². The molecule has 23 heavy (non-hydrogen) atoms. The van der Waals surface area contributed by atoms with Crippen LogP contribution in [0.4, 0.5) is 5.69 Å². The van der Waals surface area contributed by atoms with Crippen LogP contribution in [0, 0.1) is 0 Å². The van der Waals surface area contributed by atoms with Gasteiger partial charge in [0.2, 0.25) is 5.91 Å². The lowest BCUT2D eigenvalue weighted by molar-refractivity contribution is -0.117. The van der Waals surface area contributed by atoms with Gasteiger partial charge in [0.25, 0.3) is 0 Å². The van der Waals surface area contributed by atoms with Gasteiger partial charge in [0.1, 0.15) is 0 Å². The van der Waals surface area contributed by atoms with E-state index in [0.717, 1.165) is 16.8 Å². The second-order valence-electron chi connectivity index (χ2n) is 5.36. The number of para-hydroxylation sites is 1. The Kier molecular flexibility index (Phi) is 4.44. The van der Waals surface area contributed by atoms with Crippen LogP contribution in [0.25, 0.3) is 0 Å². The maximum atomic E-state index is 12.3. The van der Waals surface area contributed by atoms with Crippen molar-refractivity contribution in [2.45, 2.75) is 19.3 Å². The molecule has 0 aliphatic carbocycles. The first-order valence-corrected chi connectivity index (χ1v) is 7.90. The van der Waals surface area contributed by atoms with Crippen molar-refractivity contribution in [1.82, 2.24) is 0 Å². The zero-order chi connectivity index (χ0) is 16.4. The fourth-order valence-corrected chi connectivity index (χ4v) is 3.09. The first-order chi connectivity index (χ1) is 11.1. The van der Waals surface area contributed by atoms with Gasteiger partial charge in [-0.15, -0.1) is 0 Å². The lowest BCUT2D eigenvalue weighted by Crippen LogP contribution is -2.15. The maximum absolute atomic E-state index is 12.3. The van der Waals surface area contributed by atoms with Crippen LogP contribution in [-0.2, 0) is 11.2 Å². The number of methoxy groups -OCH3 is 1. The molecule has 1 aliphatic heterocycles. The number of anilines is 1. The van der Waals surface area contributed by atoms with Crippen LogP contribution in [0.1, 0.15) is 24.0 Å². The number of rotatable bonds is 5. The molecular weight excluding hydrogens is 314 g/mol. The number of ether oxygens (including phenoxy) is 2. The largest absolute Gasteiger partial charge is 0.493 e. The molecule has 2 aromatic rings. The number of carbonyl (C=O) groups is 1. The summed E-state index contributed by atoms with van der Waals surface area (Å²) in [5.41, 5.74) is 2.69. The smallest absolute Gasteiger partial charge is 0.232 e. The van der Waals surface area contributed by atoms with E-state index in [0.29, 0.717) is 29.5 Å². The highest BCUT2D eigenvalue weighted by Crippen LogP contribution is 2.40.